The van der Waals surface area contributed by atoms with Crippen molar-refractivity contribution in [2.24, 2.45) is 5.10 Å². The zero-order chi connectivity index (χ0) is 18.4. The molecule has 1 aliphatic rings. The Morgan fingerprint density at radius 1 is 1.15 bits per heavy atom. The predicted molar refractivity (Wildman–Crippen MR) is 106 cm³/mol. The molecule has 3 rings (SSSR count). The van der Waals surface area contributed by atoms with Gasteiger partial charge >= 0.3 is 0 Å². The Morgan fingerprint density at radius 2 is 1.92 bits per heavy atom. The number of rotatable bonds is 5. The lowest BCUT2D eigenvalue weighted by Gasteiger charge is -2.12. The van der Waals surface area contributed by atoms with Crippen molar-refractivity contribution in [1.82, 2.24) is 10.7 Å². The smallest absolute Gasteiger partial charge is 0.187 e. The first-order chi connectivity index (χ1) is 12.5. The highest BCUT2D eigenvalue weighted by Crippen LogP contribution is 2.21. The predicted octanol–water partition coefficient (Wildman–Crippen LogP) is 2.46. The molecule has 0 aromatic heterocycles. The average molecular weight is 390 g/mol. The summed E-state index contributed by atoms with van der Waals surface area (Å²) in [6.07, 6.45) is 2.18. The SMILES string of the molecule is O=S1(=O)CCC(NC(=S)N/N=C/c2cccc(Oc3ccccc3)c2)C1. The molecule has 2 aromatic carbocycles. The van der Waals surface area contributed by atoms with Crippen LogP contribution in [0.15, 0.2) is 59.7 Å². The van der Waals surface area contributed by atoms with Gasteiger partial charge in [-0.3, -0.25) is 5.43 Å². The molecule has 0 saturated carbocycles. The van der Waals surface area contributed by atoms with Crippen LogP contribution in [0.25, 0.3) is 0 Å². The molecule has 0 aliphatic carbocycles. The summed E-state index contributed by atoms with van der Waals surface area (Å²) in [6, 6.07) is 16.9. The van der Waals surface area contributed by atoms with E-state index >= 15 is 0 Å². The minimum Gasteiger partial charge on any atom is -0.457 e. The first-order valence-corrected chi connectivity index (χ1v) is 10.4. The summed E-state index contributed by atoms with van der Waals surface area (Å²) in [5, 5.41) is 7.36. The maximum atomic E-state index is 11.4. The number of nitrogens with one attached hydrogen (secondary N) is 2. The van der Waals surface area contributed by atoms with E-state index in [4.69, 9.17) is 17.0 Å². The third-order valence-electron chi connectivity index (χ3n) is 3.78. The lowest BCUT2D eigenvalue weighted by molar-refractivity contribution is 0.482. The van der Waals surface area contributed by atoms with Crippen LogP contribution < -0.4 is 15.5 Å². The Bertz CT molecular complexity index is 899. The van der Waals surface area contributed by atoms with E-state index < -0.39 is 9.84 Å². The Labute approximate surface area is 158 Å². The Hall–Kier alpha value is -2.45. The van der Waals surface area contributed by atoms with Gasteiger partial charge in [0.25, 0.3) is 0 Å². The van der Waals surface area contributed by atoms with Gasteiger partial charge in [-0.1, -0.05) is 30.3 Å². The molecule has 1 heterocycles. The first-order valence-electron chi connectivity index (χ1n) is 8.13. The number of hydrazone groups is 1. The van der Waals surface area contributed by atoms with Crippen LogP contribution in [-0.2, 0) is 9.84 Å². The van der Waals surface area contributed by atoms with Gasteiger partial charge in [-0.2, -0.15) is 5.10 Å². The minimum absolute atomic E-state index is 0.109. The fraction of sp³-hybridized carbons (Fsp3) is 0.222. The molecular weight excluding hydrogens is 370 g/mol. The standard InChI is InChI=1S/C18H19N3O3S2/c22-26(23)10-9-15(13-26)20-18(25)21-19-12-14-5-4-8-17(11-14)24-16-6-2-1-3-7-16/h1-8,11-12,15H,9-10,13H2,(H2,20,21,25)/b19-12+. The van der Waals surface area contributed by atoms with Gasteiger partial charge in [0.2, 0.25) is 0 Å². The molecule has 136 valence electrons. The highest BCUT2D eigenvalue weighted by atomic mass is 32.2. The van der Waals surface area contributed by atoms with Gasteiger partial charge in [0.15, 0.2) is 14.9 Å². The molecule has 1 aliphatic heterocycles. The second kappa shape index (κ2) is 8.29. The summed E-state index contributed by atoms with van der Waals surface area (Å²) in [6.45, 7) is 0. The first kappa shape index (κ1) is 18.3. The van der Waals surface area contributed by atoms with E-state index in [1.807, 2.05) is 54.6 Å². The summed E-state index contributed by atoms with van der Waals surface area (Å²) in [4.78, 5) is 0. The van der Waals surface area contributed by atoms with Crippen molar-refractivity contribution in [2.45, 2.75) is 12.5 Å². The van der Waals surface area contributed by atoms with Gasteiger partial charge in [-0.25, -0.2) is 8.42 Å². The highest BCUT2D eigenvalue weighted by Gasteiger charge is 2.28. The van der Waals surface area contributed by atoms with E-state index in [1.54, 1.807) is 6.21 Å². The molecule has 1 fully saturated rings. The molecule has 6 nitrogen and oxygen atoms in total. The molecule has 8 heteroatoms. The second-order valence-electron chi connectivity index (χ2n) is 5.93. The number of benzene rings is 2. The number of para-hydroxylation sites is 1. The van der Waals surface area contributed by atoms with Gasteiger partial charge < -0.3 is 10.1 Å². The molecule has 1 atom stereocenters. The van der Waals surface area contributed by atoms with Crippen LogP contribution >= 0.6 is 12.2 Å². The topological polar surface area (TPSA) is 79.8 Å². The van der Waals surface area contributed by atoms with Crippen LogP contribution in [0.5, 0.6) is 11.5 Å². The maximum absolute atomic E-state index is 11.4. The van der Waals surface area contributed by atoms with E-state index in [0.717, 1.165) is 11.3 Å². The summed E-state index contributed by atoms with van der Waals surface area (Å²) in [5.41, 5.74) is 3.55. The minimum atomic E-state index is -2.94. The lowest BCUT2D eigenvalue weighted by atomic mass is 10.2. The van der Waals surface area contributed by atoms with Gasteiger partial charge in [0, 0.05) is 6.04 Å². The number of hydrogen-bond donors (Lipinski definition) is 2. The zero-order valence-corrected chi connectivity index (χ0v) is 15.6. The van der Waals surface area contributed by atoms with Crippen molar-refractivity contribution < 1.29 is 13.2 Å². The van der Waals surface area contributed by atoms with Crippen LogP contribution in [0.2, 0.25) is 0 Å². The molecule has 2 aromatic rings. The molecule has 26 heavy (non-hydrogen) atoms. The Morgan fingerprint density at radius 3 is 2.65 bits per heavy atom. The number of hydrogen-bond acceptors (Lipinski definition) is 5. The fourth-order valence-corrected chi connectivity index (χ4v) is 4.47. The summed E-state index contributed by atoms with van der Waals surface area (Å²) >= 11 is 5.14. The monoisotopic (exact) mass is 389 g/mol. The van der Waals surface area contributed by atoms with Crippen molar-refractivity contribution in [3.63, 3.8) is 0 Å². The molecule has 1 saturated heterocycles. The molecule has 1 unspecified atom stereocenters. The van der Waals surface area contributed by atoms with E-state index in [0.29, 0.717) is 17.3 Å². The normalized spacial score (nSPS) is 18.5. The van der Waals surface area contributed by atoms with Crippen molar-refractivity contribution >= 4 is 33.4 Å². The largest absolute Gasteiger partial charge is 0.457 e. The Kier molecular flexibility index (Phi) is 5.85. The van der Waals surface area contributed by atoms with Crippen LogP contribution in [-0.4, -0.2) is 37.3 Å². The van der Waals surface area contributed by atoms with E-state index in [1.165, 1.54) is 0 Å². The average Bonchev–Trinajstić information content (AvgIpc) is 2.94. The molecule has 0 radical (unpaired) electrons. The van der Waals surface area contributed by atoms with Crippen LogP contribution in [0.3, 0.4) is 0 Å². The van der Waals surface area contributed by atoms with Crippen molar-refractivity contribution in [1.29, 1.82) is 0 Å². The van der Waals surface area contributed by atoms with Crippen LogP contribution in [0.1, 0.15) is 12.0 Å². The summed E-state index contributed by atoms with van der Waals surface area (Å²) < 4.78 is 28.7. The molecule has 0 spiro atoms. The van der Waals surface area contributed by atoms with E-state index in [2.05, 4.69) is 15.8 Å². The van der Waals surface area contributed by atoms with Gasteiger partial charge in [-0.05, 0) is 48.5 Å². The fourth-order valence-electron chi connectivity index (χ4n) is 2.57. The Balaban J connectivity index is 1.52. The summed E-state index contributed by atoms with van der Waals surface area (Å²) in [7, 11) is -2.94. The van der Waals surface area contributed by atoms with Gasteiger partial charge in [-0.15, -0.1) is 0 Å². The van der Waals surface area contributed by atoms with Crippen LogP contribution in [0, 0.1) is 0 Å². The van der Waals surface area contributed by atoms with E-state index in [-0.39, 0.29) is 17.5 Å². The van der Waals surface area contributed by atoms with Crippen molar-refractivity contribution in [3.8, 4) is 11.5 Å². The quantitative estimate of drug-likeness (QED) is 0.465. The second-order valence-corrected chi connectivity index (χ2v) is 8.57. The number of sulfone groups is 1. The van der Waals surface area contributed by atoms with E-state index in [9.17, 15) is 8.42 Å². The highest BCUT2D eigenvalue weighted by molar-refractivity contribution is 7.91. The molecule has 0 amide bonds. The zero-order valence-electron chi connectivity index (χ0n) is 14.0. The number of nitrogens with zero attached hydrogens (tertiary/aromatic N) is 1. The maximum Gasteiger partial charge on any atom is 0.187 e. The van der Waals surface area contributed by atoms with Gasteiger partial charge in [0.05, 0.1) is 17.7 Å². The third-order valence-corrected chi connectivity index (χ3v) is 5.76. The molecule has 0 bridgehead atoms. The summed E-state index contributed by atoms with van der Waals surface area (Å²) in [5.74, 6) is 1.77. The number of ether oxygens (including phenoxy) is 1. The molecular formula is C18H19N3O3S2. The molecule has 2 N–H and O–H groups in total. The van der Waals surface area contributed by atoms with Crippen molar-refractivity contribution in [3.05, 3.63) is 60.2 Å². The number of thiocarbonyl (C=S) groups is 1. The lowest BCUT2D eigenvalue weighted by Crippen LogP contribution is -2.40. The van der Waals surface area contributed by atoms with Gasteiger partial charge in [0.1, 0.15) is 11.5 Å². The van der Waals surface area contributed by atoms with Crippen molar-refractivity contribution in [2.75, 3.05) is 11.5 Å². The van der Waals surface area contributed by atoms with Crippen LogP contribution in [0.4, 0.5) is 0 Å². The third kappa shape index (κ3) is 5.53.